The van der Waals surface area contributed by atoms with Crippen molar-refractivity contribution >= 4 is 11.6 Å². The molecule has 2 rings (SSSR count). The molecule has 1 heterocycles. The second-order valence-corrected chi connectivity index (χ2v) is 4.30. The van der Waals surface area contributed by atoms with E-state index in [2.05, 4.69) is 5.32 Å². The van der Waals surface area contributed by atoms with E-state index >= 15 is 0 Å². The molecule has 1 aromatic carbocycles. The first kappa shape index (κ1) is 13.3. The highest BCUT2D eigenvalue weighted by Crippen LogP contribution is 2.08. The zero-order valence-corrected chi connectivity index (χ0v) is 10.6. The number of carbonyl (C=O) groups is 1. The summed E-state index contributed by atoms with van der Waals surface area (Å²) in [6.07, 6.45) is 1.61. The van der Waals surface area contributed by atoms with Crippen molar-refractivity contribution in [3.05, 3.63) is 54.2 Å². The first-order valence-corrected chi connectivity index (χ1v) is 6.07. The van der Waals surface area contributed by atoms with E-state index in [0.29, 0.717) is 5.69 Å². The first-order chi connectivity index (χ1) is 9.15. The fourth-order valence-electron chi connectivity index (χ4n) is 1.70. The molecular weight excluding hydrogens is 247 g/mol. The van der Waals surface area contributed by atoms with Crippen LogP contribution in [-0.4, -0.2) is 12.5 Å². The maximum atomic E-state index is 12.7. The topological polar surface area (TPSA) is 58.9 Å². The van der Waals surface area contributed by atoms with Gasteiger partial charge in [-0.3, -0.25) is 4.79 Å². The molecule has 1 atom stereocenters. The number of amides is 1. The number of rotatable bonds is 5. The van der Waals surface area contributed by atoms with Gasteiger partial charge in [0.1, 0.15) is 11.9 Å². The van der Waals surface area contributed by atoms with Gasteiger partial charge in [-0.25, -0.2) is 4.39 Å². The molecule has 19 heavy (non-hydrogen) atoms. The Morgan fingerprint density at radius 3 is 2.74 bits per heavy atom. The second kappa shape index (κ2) is 6.15. The van der Waals surface area contributed by atoms with Crippen molar-refractivity contribution in [3.63, 3.8) is 0 Å². The van der Waals surface area contributed by atoms with E-state index in [1.54, 1.807) is 6.26 Å². The largest absolute Gasteiger partial charge is 0.463 e. The Balaban J connectivity index is 1.80. The summed E-state index contributed by atoms with van der Waals surface area (Å²) in [7, 11) is 0. The molecule has 0 bridgehead atoms. The van der Waals surface area contributed by atoms with E-state index < -0.39 is 0 Å². The Bertz CT molecular complexity index is 523. The predicted molar refractivity (Wildman–Crippen MR) is 68.9 cm³/mol. The minimum absolute atomic E-state index is 0.0777. The van der Waals surface area contributed by atoms with Crippen molar-refractivity contribution in [2.45, 2.75) is 13.0 Å². The summed E-state index contributed by atoms with van der Waals surface area (Å²) in [6, 6.07) is 9.45. The number of carbonyl (C=O) groups excluding carboxylic acids is 1. The number of anilines is 1. The first-order valence-electron chi connectivity index (χ1n) is 6.07. The van der Waals surface area contributed by atoms with Gasteiger partial charge in [0.15, 0.2) is 12.3 Å². The van der Waals surface area contributed by atoms with E-state index in [1.165, 1.54) is 24.3 Å². The van der Waals surface area contributed by atoms with Crippen molar-refractivity contribution in [2.75, 3.05) is 11.9 Å². The third-order valence-corrected chi connectivity index (χ3v) is 2.78. The highest BCUT2D eigenvalue weighted by atomic mass is 19.1. The Labute approximate surface area is 110 Å². The lowest BCUT2D eigenvalue weighted by Gasteiger charge is -2.08. The van der Waals surface area contributed by atoms with Crippen LogP contribution >= 0.6 is 0 Å². The average Bonchev–Trinajstić information content (AvgIpc) is 2.93. The molecule has 0 saturated carbocycles. The Morgan fingerprint density at radius 2 is 2.11 bits per heavy atom. The zero-order chi connectivity index (χ0) is 13.7. The van der Waals surface area contributed by atoms with Crippen LogP contribution in [0.4, 0.5) is 10.1 Å². The number of quaternary nitrogens is 1. The van der Waals surface area contributed by atoms with Gasteiger partial charge in [-0.1, -0.05) is 0 Å². The standard InChI is InChI=1S/C14H15FN2O2/c1-10(13-3-2-8-19-13)16-9-14(18)17-12-6-4-11(15)5-7-12/h2-8,10,16H,9H2,1H3,(H,17,18)/p+1/t10-/m1/s1. The number of benzene rings is 1. The molecule has 0 aliphatic carbocycles. The summed E-state index contributed by atoms with van der Waals surface area (Å²) >= 11 is 0. The van der Waals surface area contributed by atoms with Crippen LogP contribution in [0.3, 0.4) is 0 Å². The Kier molecular flexibility index (Phi) is 4.30. The lowest BCUT2D eigenvalue weighted by atomic mass is 10.2. The van der Waals surface area contributed by atoms with Gasteiger partial charge in [-0.2, -0.15) is 0 Å². The lowest BCUT2D eigenvalue weighted by Crippen LogP contribution is -2.86. The number of furan rings is 1. The van der Waals surface area contributed by atoms with Crippen LogP contribution in [0.25, 0.3) is 0 Å². The Morgan fingerprint density at radius 1 is 1.37 bits per heavy atom. The number of hydrogen-bond donors (Lipinski definition) is 2. The van der Waals surface area contributed by atoms with Gasteiger partial charge in [-0.15, -0.1) is 0 Å². The van der Waals surface area contributed by atoms with Crippen molar-refractivity contribution in [1.29, 1.82) is 0 Å². The van der Waals surface area contributed by atoms with Gasteiger partial charge in [0, 0.05) is 5.69 Å². The third-order valence-electron chi connectivity index (χ3n) is 2.78. The van der Waals surface area contributed by atoms with Crippen molar-refractivity contribution in [2.24, 2.45) is 0 Å². The number of hydrogen-bond acceptors (Lipinski definition) is 2. The van der Waals surface area contributed by atoms with Crippen LogP contribution < -0.4 is 10.6 Å². The van der Waals surface area contributed by atoms with Crippen LogP contribution in [0.1, 0.15) is 18.7 Å². The molecule has 2 aromatic rings. The van der Waals surface area contributed by atoms with Gasteiger partial charge >= 0.3 is 0 Å². The number of halogens is 1. The number of nitrogens with two attached hydrogens (primary N) is 1. The molecule has 0 fully saturated rings. The molecule has 0 aliphatic rings. The van der Waals surface area contributed by atoms with Crippen LogP contribution in [0.5, 0.6) is 0 Å². The molecule has 0 spiro atoms. The van der Waals surface area contributed by atoms with Crippen LogP contribution in [-0.2, 0) is 4.79 Å². The number of nitrogens with one attached hydrogen (secondary N) is 1. The predicted octanol–water partition coefficient (Wildman–Crippen LogP) is 1.68. The molecule has 0 unspecified atom stereocenters. The molecule has 1 aromatic heterocycles. The van der Waals surface area contributed by atoms with E-state index in [9.17, 15) is 9.18 Å². The van der Waals surface area contributed by atoms with Gasteiger partial charge < -0.3 is 15.1 Å². The average molecular weight is 263 g/mol. The molecule has 0 radical (unpaired) electrons. The highest BCUT2D eigenvalue weighted by molar-refractivity contribution is 5.91. The van der Waals surface area contributed by atoms with Crippen LogP contribution in [0.2, 0.25) is 0 Å². The van der Waals surface area contributed by atoms with Gasteiger partial charge in [0.25, 0.3) is 5.91 Å². The molecule has 1 amide bonds. The maximum absolute atomic E-state index is 12.7. The Hall–Kier alpha value is -2.14. The molecular formula is C14H16FN2O2+. The molecule has 3 N–H and O–H groups in total. The summed E-state index contributed by atoms with van der Waals surface area (Å²) in [5, 5.41) is 4.58. The summed E-state index contributed by atoms with van der Waals surface area (Å²) in [5.74, 6) is 0.371. The molecule has 4 nitrogen and oxygen atoms in total. The smallest absolute Gasteiger partial charge is 0.279 e. The van der Waals surface area contributed by atoms with E-state index in [4.69, 9.17) is 4.42 Å². The summed E-state index contributed by atoms with van der Waals surface area (Å²) in [6.45, 7) is 2.24. The van der Waals surface area contributed by atoms with Crippen molar-refractivity contribution in [3.8, 4) is 0 Å². The quantitative estimate of drug-likeness (QED) is 0.862. The summed E-state index contributed by atoms with van der Waals surface area (Å²) in [4.78, 5) is 11.7. The van der Waals surface area contributed by atoms with Crippen LogP contribution in [0, 0.1) is 5.82 Å². The van der Waals surface area contributed by atoms with Crippen molar-refractivity contribution < 1.29 is 18.9 Å². The summed E-state index contributed by atoms with van der Waals surface area (Å²) < 4.78 is 18.0. The fraction of sp³-hybridized carbons (Fsp3) is 0.214. The second-order valence-electron chi connectivity index (χ2n) is 4.30. The fourth-order valence-corrected chi connectivity index (χ4v) is 1.70. The van der Waals surface area contributed by atoms with Crippen molar-refractivity contribution in [1.82, 2.24) is 0 Å². The maximum Gasteiger partial charge on any atom is 0.279 e. The minimum Gasteiger partial charge on any atom is -0.463 e. The van der Waals surface area contributed by atoms with Gasteiger partial charge in [0.05, 0.1) is 6.26 Å². The molecule has 100 valence electrons. The lowest BCUT2D eigenvalue weighted by molar-refractivity contribution is -0.684. The molecule has 5 heteroatoms. The van der Waals surface area contributed by atoms with Gasteiger partial charge in [-0.05, 0) is 43.3 Å². The van der Waals surface area contributed by atoms with E-state index in [0.717, 1.165) is 5.76 Å². The van der Waals surface area contributed by atoms with E-state index in [1.807, 2.05) is 24.4 Å². The zero-order valence-electron chi connectivity index (χ0n) is 10.6. The highest BCUT2D eigenvalue weighted by Gasteiger charge is 2.13. The normalized spacial score (nSPS) is 12.1. The summed E-state index contributed by atoms with van der Waals surface area (Å²) in [5.41, 5.74) is 0.588. The SMILES string of the molecule is C[C@@H]([NH2+]CC(=O)Nc1ccc(F)cc1)c1ccco1. The monoisotopic (exact) mass is 263 g/mol. The van der Waals surface area contributed by atoms with E-state index in [-0.39, 0.29) is 24.3 Å². The molecule has 0 aliphatic heterocycles. The minimum atomic E-state index is -0.323. The van der Waals surface area contributed by atoms with Gasteiger partial charge in [0.2, 0.25) is 0 Å². The third kappa shape index (κ3) is 3.93. The molecule has 0 saturated heterocycles. The van der Waals surface area contributed by atoms with Crippen LogP contribution in [0.15, 0.2) is 47.1 Å².